The van der Waals surface area contributed by atoms with Gasteiger partial charge in [-0.3, -0.25) is 9.69 Å². The Kier molecular flexibility index (Phi) is 3.18. The Bertz CT molecular complexity index is 547. The van der Waals surface area contributed by atoms with E-state index in [0.29, 0.717) is 12.1 Å². The molecule has 0 bridgehead atoms. The zero-order chi connectivity index (χ0) is 14.2. The number of nitrogens with one attached hydrogen (secondary N) is 1. The van der Waals surface area contributed by atoms with Gasteiger partial charge in [-0.05, 0) is 25.5 Å². The smallest absolute Gasteiger partial charge is 0.325 e. The molecule has 0 saturated carbocycles. The van der Waals surface area contributed by atoms with E-state index in [1.807, 2.05) is 6.92 Å². The highest BCUT2D eigenvalue weighted by atomic mass is 19.1. The fraction of sp³-hybridized carbons (Fsp3) is 0.385. The molecular formula is C13H16FN3O2. The van der Waals surface area contributed by atoms with Crippen LogP contribution in [0.1, 0.15) is 25.8 Å². The molecular weight excluding hydrogens is 249 g/mol. The van der Waals surface area contributed by atoms with E-state index in [1.165, 1.54) is 18.2 Å². The Labute approximate surface area is 110 Å². The van der Waals surface area contributed by atoms with Gasteiger partial charge in [-0.1, -0.05) is 13.0 Å². The average molecular weight is 265 g/mol. The fourth-order valence-electron chi connectivity index (χ4n) is 1.99. The highest BCUT2D eigenvalue weighted by Gasteiger charge is 2.46. The molecule has 1 aliphatic rings. The number of nitrogens with zero attached hydrogens (tertiary/aromatic N) is 1. The van der Waals surface area contributed by atoms with Gasteiger partial charge in [0.25, 0.3) is 5.91 Å². The number of nitrogens with two attached hydrogens (primary N) is 1. The van der Waals surface area contributed by atoms with E-state index in [2.05, 4.69) is 5.32 Å². The molecule has 2 rings (SSSR count). The molecule has 5 nitrogen and oxygen atoms in total. The number of anilines is 1. The molecule has 0 aliphatic carbocycles. The summed E-state index contributed by atoms with van der Waals surface area (Å²) in [6.45, 7) is 3.38. The molecule has 1 aromatic rings. The van der Waals surface area contributed by atoms with Gasteiger partial charge in [0.1, 0.15) is 11.4 Å². The predicted molar refractivity (Wildman–Crippen MR) is 68.6 cm³/mol. The number of nitrogen functional groups attached to an aromatic ring is 1. The molecule has 6 heteroatoms. The molecule has 0 spiro atoms. The number of carbonyl (C=O) groups excluding carboxylic acids is 2. The first kappa shape index (κ1) is 13.3. The van der Waals surface area contributed by atoms with Crippen molar-refractivity contribution in [1.82, 2.24) is 10.2 Å². The normalized spacial score (nSPS) is 22.8. The van der Waals surface area contributed by atoms with Gasteiger partial charge in [-0.25, -0.2) is 9.18 Å². The van der Waals surface area contributed by atoms with Gasteiger partial charge in [-0.15, -0.1) is 0 Å². The van der Waals surface area contributed by atoms with Crippen LogP contribution in [0, 0.1) is 5.82 Å². The number of benzene rings is 1. The SMILES string of the molecule is CCC1(C)NC(=O)N(Cc2ccc(N)cc2F)C1=O. The standard InChI is InChI=1S/C13H16FN3O2/c1-3-13(2)11(18)17(12(19)16-13)7-8-4-5-9(15)6-10(8)14/h4-6H,3,7,15H2,1-2H3,(H,16,19). The van der Waals surface area contributed by atoms with E-state index in [9.17, 15) is 14.0 Å². The van der Waals surface area contributed by atoms with Crippen molar-refractivity contribution < 1.29 is 14.0 Å². The zero-order valence-electron chi connectivity index (χ0n) is 10.9. The van der Waals surface area contributed by atoms with Crippen molar-refractivity contribution in [3.8, 4) is 0 Å². The molecule has 102 valence electrons. The Morgan fingerprint density at radius 1 is 1.42 bits per heavy atom. The van der Waals surface area contributed by atoms with Gasteiger partial charge in [0.15, 0.2) is 0 Å². The van der Waals surface area contributed by atoms with Crippen molar-refractivity contribution in [2.24, 2.45) is 0 Å². The Morgan fingerprint density at radius 3 is 2.63 bits per heavy atom. The van der Waals surface area contributed by atoms with Gasteiger partial charge in [0, 0.05) is 11.3 Å². The lowest BCUT2D eigenvalue weighted by Gasteiger charge is -2.19. The van der Waals surface area contributed by atoms with Crippen molar-refractivity contribution in [1.29, 1.82) is 0 Å². The molecule has 1 fully saturated rings. The minimum absolute atomic E-state index is 0.0909. The summed E-state index contributed by atoms with van der Waals surface area (Å²) in [5.41, 5.74) is 5.12. The van der Waals surface area contributed by atoms with Crippen molar-refractivity contribution >= 4 is 17.6 Å². The first-order valence-electron chi connectivity index (χ1n) is 6.05. The molecule has 1 saturated heterocycles. The van der Waals surface area contributed by atoms with Crippen molar-refractivity contribution in [2.75, 3.05) is 5.73 Å². The second-order valence-corrected chi connectivity index (χ2v) is 4.86. The molecule has 19 heavy (non-hydrogen) atoms. The lowest BCUT2D eigenvalue weighted by atomic mass is 9.99. The third-order valence-electron chi connectivity index (χ3n) is 3.46. The van der Waals surface area contributed by atoms with E-state index in [-0.39, 0.29) is 18.0 Å². The summed E-state index contributed by atoms with van der Waals surface area (Å²) in [4.78, 5) is 25.0. The van der Waals surface area contributed by atoms with Crippen molar-refractivity contribution in [3.63, 3.8) is 0 Å². The van der Waals surface area contributed by atoms with E-state index >= 15 is 0 Å². The van der Waals surface area contributed by atoms with E-state index in [1.54, 1.807) is 6.92 Å². The average Bonchev–Trinajstić information content (AvgIpc) is 2.56. The lowest BCUT2D eigenvalue weighted by molar-refractivity contribution is -0.131. The molecule has 1 aliphatic heterocycles. The van der Waals surface area contributed by atoms with E-state index in [0.717, 1.165) is 4.90 Å². The van der Waals surface area contributed by atoms with Crippen LogP contribution in [0.2, 0.25) is 0 Å². The molecule has 3 N–H and O–H groups in total. The summed E-state index contributed by atoms with van der Waals surface area (Å²) < 4.78 is 13.7. The van der Waals surface area contributed by atoms with Crippen LogP contribution in [0.4, 0.5) is 14.9 Å². The minimum atomic E-state index is -0.901. The predicted octanol–water partition coefficient (Wildman–Crippen LogP) is 1.63. The number of amides is 3. The third kappa shape index (κ3) is 2.25. The summed E-state index contributed by atoms with van der Waals surface area (Å²) in [6.07, 6.45) is 0.484. The first-order valence-corrected chi connectivity index (χ1v) is 6.05. The van der Waals surface area contributed by atoms with Crippen LogP contribution < -0.4 is 11.1 Å². The number of rotatable bonds is 3. The van der Waals surface area contributed by atoms with Crippen LogP contribution in [-0.4, -0.2) is 22.4 Å². The Balaban J connectivity index is 2.24. The molecule has 3 amide bonds. The maximum absolute atomic E-state index is 13.7. The Hall–Kier alpha value is -2.11. The van der Waals surface area contributed by atoms with Crippen LogP contribution >= 0.6 is 0 Å². The molecule has 0 aromatic heterocycles. The van der Waals surface area contributed by atoms with Crippen LogP contribution in [0.3, 0.4) is 0 Å². The third-order valence-corrected chi connectivity index (χ3v) is 3.46. The molecule has 0 radical (unpaired) electrons. The number of urea groups is 1. The summed E-state index contributed by atoms with van der Waals surface area (Å²) in [5.74, 6) is -0.859. The van der Waals surface area contributed by atoms with Crippen molar-refractivity contribution in [3.05, 3.63) is 29.6 Å². The monoisotopic (exact) mass is 265 g/mol. The van der Waals surface area contributed by atoms with Gasteiger partial charge in [-0.2, -0.15) is 0 Å². The molecule has 1 aromatic carbocycles. The molecule has 1 atom stereocenters. The van der Waals surface area contributed by atoms with Gasteiger partial charge in [0.2, 0.25) is 0 Å². The second-order valence-electron chi connectivity index (χ2n) is 4.86. The van der Waals surface area contributed by atoms with Crippen LogP contribution in [-0.2, 0) is 11.3 Å². The highest BCUT2D eigenvalue weighted by molar-refractivity contribution is 6.06. The number of hydrogen-bond acceptors (Lipinski definition) is 3. The van der Waals surface area contributed by atoms with E-state index in [4.69, 9.17) is 5.73 Å². The number of hydrogen-bond donors (Lipinski definition) is 2. The summed E-state index contributed by atoms with van der Waals surface area (Å²) in [5, 5.41) is 2.62. The van der Waals surface area contributed by atoms with Crippen LogP contribution in [0.5, 0.6) is 0 Å². The van der Waals surface area contributed by atoms with Gasteiger partial charge >= 0.3 is 6.03 Å². The highest BCUT2D eigenvalue weighted by Crippen LogP contribution is 2.23. The minimum Gasteiger partial charge on any atom is -0.399 e. The second kappa shape index (κ2) is 4.53. The van der Waals surface area contributed by atoms with Crippen LogP contribution in [0.25, 0.3) is 0 Å². The number of carbonyl (C=O) groups is 2. The zero-order valence-corrected chi connectivity index (χ0v) is 10.9. The van der Waals surface area contributed by atoms with Gasteiger partial charge < -0.3 is 11.1 Å². The topological polar surface area (TPSA) is 75.4 Å². The maximum Gasteiger partial charge on any atom is 0.325 e. The van der Waals surface area contributed by atoms with E-state index < -0.39 is 17.4 Å². The fourth-order valence-corrected chi connectivity index (χ4v) is 1.99. The quantitative estimate of drug-likeness (QED) is 0.644. The maximum atomic E-state index is 13.7. The largest absolute Gasteiger partial charge is 0.399 e. The Morgan fingerprint density at radius 2 is 2.11 bits per heavy atom. The lowest BCUT2D eigenvalue weighted by Crippen LogP contribution is -2.43. The van der Waals surface area contributed by atoms with Crippen LogP contribution in [0.15, 0.2) is 18.2 Å². The first-order chi connectivity index (χ1) is 8.87. The number of halogens is 1. The summed E-state index contributed by atoms with van der Waals surface area (Å²) >= 11 is 0. The molecule has 1 heterocycles. The summed E-state index contributed by atoms with van der Waals surface area (Å²) in [6, 6.07) is 3.70. The number of imide groups is 1. The summed E-state index contributed by atoms with van der Waals surface area (Å²) in [7, 11) is 0. The van der Waals surface area contributed by atoms with Crippen molar-refractivity contribution in [2.45, 2.75) is 32.4 Å². The van der Waals surface area contributed by atoms with Gasteiger partial charge in [0.05, 0.1) is 6.54 Å². The molecule has 1 unspecified atom stereocenters.